The van der Waals surface area contributed by atoms with Gasteiger partial charge in [-0.15, -0.1) is 0 Å². The lowest BCUT2D eigenvalue weighted by Gasteiger charge is -2.25. The zero-order chi connectivity index (χ0) is 19.6. The normalized spacial score (nSPS) is 12.6. The molecule has 3 aromatic rings. The molecule has 1 atom stereocenters. The molecule has 7 nitrogen and oxygen atoms in total. The second-order valence-electron chi connectivity index (χ2n) is 6.87. The molecule has 0 unspecified atom stereocenters. The molecule has 2 aromatic carbocycles. The van der Waals surface area contributed by atoms with Gasteiger partial charge in [0.05, 0.1) is 16.4 Å². The van der Waals surface area contributed by atoms with Crippen LogP contribution < -0.4 is 11.0 Å². The summed E-state index contributed by atoms with van der Waals surface area (Å²) in [4.78, 5) is 41.5. The van der Waals surface area contributed by atoms with Crippen LogP contribution in [0.3, 0.4) is 0 Å². The van der Waals surface area contributed by atoms with Crippen molar-refractivity contribution in [2.45, 2.75) is 32.3 Å². The largest absolute Gasteiger partial charge is 0.452 e. The molecule has 0 bridgehead atoms. The van der Waals surface area contributed by atoms with Crippen molar-refractivity contribution in [1.82, 2.24) is 9.97 Å². The van der Waals surface area contributed by atoms with Crippen LogP contribution in [0.4, 0.5) is 5.69 Å². The molecular formula is C20H21N3O4. The molecule has 0 aliphatic rings. The Labute approximate surface area is 155 Å². The average Bonchev–Trinajstić information content (AvgIpc) is 3.01. The third-order valence-electron chi connectivity index (χ3n) is 4.44. The molecule has 0 saturated carbocycles. The first-order valence-corrected chi connectivity index (χ1v) is 8.57. The first-order chi connectivity index (χ1) is 12.8. The van der Waals surface area contributed by atoms with Gasteiger partial charge in [-0.1, -0.05) is 30.3 Å². The molecule has 1 aromatic heterocycles. The van der Waals surface area contributed by atoms with Crippen molar-refractivity contribution in [3.8, 4) is 0 Å². The number of hydrogen-bond donors (Lipinski definition) is 3. The predicted molar refractivity (Wildman–Crippen MR) is 103 cm³/mol. The Kier molecular flexibility index (Phi) is 4.85. The minimum Gasteiger partial charge on any atom is -0.452 e. The van der Waals surface area contributed by atoms with Gasteiger partial charge >= 0.3 is 11.7 Å². The van der Waals surface area contributed by atoms with E-state index in [0.29, 0.717) is 16.7 Å². The fourth-order valence-corrected chi connectivity index (χ4v) is 2.69. The number of anilines is 1. The number of carbonyl (C=O) groups excluding carboxylic acids is 2. The second-order valence-corrected chi connectivity index (χ2v) is 6.87. The van der Waals surface area contributed by atoms with Crippen molar-refractivity contribution in [2.24, 2.45) is 0 Å². The highest BCUT2D eigenvalue weighted by molar-refractivity contribution is 5.97. The van der Waals surface area contributed by atoms with Crippen LogP contribution in [0.2, 0.25) is 0 Å². The Morgan fingerprint density at radius 1 is 1.04 bits per heavy atom. The van der Waals surface area contributed by atoms with Gasteiger partial charge in [0.25, 0.3) is 5.91 Å². The van der Waals surface area contributed by atoms with Crippen LogP contribution in [-0.2, 0) is 19.7 Å². The van der Waals surface area contributed by atoms with Crippen LogP contribution in [0.15, 0.2) is 53.3 Å². The highest BCUT2D eigenvalue weighted by atomic mass is 16.5. The summed E-state index contributed by atoms with van der Waals surface area (Å²) in [7, 11) is 0. The van der Waals surface area contributed by atoms with E-state index >= 15 is 0 Å². The molecule has 0 spiro atoms. The van der Waals surface area contributed by atoms with E-state index in [4.69, 9.17) is 4.74 Å². The lowest BCUT2D eigenvalue weighted by atomic mass is 9.85. The maximum Gasteiger partial charge on any atom is 0.323 e. The van der Waals surface area contributed by atoms with Gasteiger partial charge in [0.1, 0.15) is 0 Å². The first-order valence-electron chi connectivity index (χ1n) is 8.57. The van der Waals surface area contributed by atoms with E-state index in [9.17, 15) is 14.4 Å². The van der Waals surface area contributed by atoms with E-state index in [-0.39, 0.29) is 5.69 Å². The Balaban J connectivity index is 1.67. The Hall–Kier alpha value is -3.35. The molecule has 1 heterocycles. The zero-order valence-electron chi connectivity index (χ0n) is 15.3. The monoisotopic (exact) mass is 367 g/mol. The minimum absolute atomic E-state index is 0.320. The van der Waals surface area contributed by atoms with Crippen molar-refractivity contribution in [3.05, 3.63) is 64.6 Å². The molecule has 3 N–H and O–H groups in total. The maximum absolute atomic E-state index is 12.6. The highest BCUT2D eigenvalue weighted by Crippen LogP contribution is 2.25. The number of nitrogens with one attached hydrogen (secondary N) is 3. The average molecular weight is 367 g/mol. The quantitative estimate of drug-likeness (QED) is 0.603. The number of esters is 1. The van der Waals surface area contributed by atoms with Gasteiger partial charge in [-0.25, -0.2) is 4.79 Å². The van der Waals surface area contributed by atoms with Gasteiger partial charge in [0.15, 0.2) is 6.10 Å². The fourth-order valence-electron chi connectivity index (χ4n) is 2.69. The molecule has 0 fully saturated rings. The Morgan fingerprint density at radius 2 is 1.70 bits per heavy atom. The Morgan fingerprint density at radius 3 is 2.41 bits per heavy atom. The van der Waals surface area contributed by atoms with E-state index in [0.717, 1.165) is 5.56 Å². The number of rotatable bonds is 5. The molecular weight excluding hydrogens is 346 g/mol. The smallest absolute Gasteiger partial charge is 0.323 e. The standard InChI is InChI=1S/C20H21N3O4/c1-12(27-18(25)20(2,3)13-7-5-4-6-8-13)17(24)21-14-9-10-15-16(11-14)23-19(26)22-15/h4-12H,1-3H3,(H,21,24)(H2,22,23,26)/t12-/m0/s1. The predicted octanol–water partition coefficient (Wildman–Crippen LogP) is 2.70. The SMILES string of the molecule is C[C@H](OC(=O)C(C)(C)c1ccccc1)C(=O)Nc1ccc2[nH]c(=O)[nH]c2c1. The van der Waals surface area contributed by atoms with E-state index < -0.39 is 23.4 Å². The number of carbonyl (C=O) groups is 2. The number of H-pyrrole nitrogens is 2. The number of ether oxygens (including phenoxy) is 1. The third kappa shape index (κ3) is 3.92. The lowest BCUT2D eigenvalue weighted by molar-refractivity contribution is -0.158. The number of amides is 1. The van der Waals surface area contributed by atoms with Gasteiger partial charge in [0, 0.05) is 5.69 Å². The van der Waals surface area contributed by atoms with Crippen LogP contribution in [0, 0.1) is 0 Å². The summed E-state index contributed by atoms with van der Waals surface area (Å²) in [5.74, 6) is -0.939. The molecule has 0 saturated heterocycles. The van der Waals surface area contributed by atoms with Gasteiger partial charge in [-0.3, -0.25) is 9.59 Å². The molecule has 1 amide bonds. The molecule has 7 heteroatoms. The van der Waals surface area contributed by atoms with E-state index in [1.165, 1.54) is 6.92 Å². The van der Waals surface area contributed by atoms with Gasteiger partial charge in [-0.05, 0) is 44.5 Å². The summed E-state index contributed by atoms with van der Waals surface area (Å²) in [6, 6.07) is 14.2. The van der Waals surface area contributed by atoms with Gasteiger partial charge in [-0.2, -0.15) is 0 Å². The molecule has 0 aliphatic heterocycles. The molecule has 140 valence electrons. The summed E-state index contributed by atoms with van der Waals surface area (Å²) in [6.45, 7) is 5.03. The van der Waals surface area contributed by atoms with Crippen LogP contribution in [-0.4, -0.2) is 27.9 Å². The van der Waals surface area contributed by atoms with Crippen molar-refractivity contribution >= 4 is 28.6 Å². The van der Waals surface area contributed by atoms with Gasteiger partial charge in [0.2, 0.25) is 0 Å². The molecule has 0 radical (unpaired) electrons. The lowest BCUT2D eigenvalue weighted by Crippen LogP contribution is -2.37. The van der Waals surface area contributed by atoms with E-state index in [2.05, 4.69) is 15.3 Å². The number of aromatic nitrogens is 2. The third-order valence-corrected chi connectivity index (χ3v) is 4.44. The summed E-state index contributed by atoms with van der Waals surface area (Å²) in [5, 5.41) is 2.69. The number of hydrogen-bond acceptors (Lipinski definition) is 4. The van der Waals surface area contributed by atoms with Crippen LogP contribution >= 0.6 is 0 Å². The summed E-state index contributed by atoms with van der Waals surface area (Å²) < 4.78 is 5.38. The summed E-state index contributed by atoms with van der Waals surface area (Å²) in [6.07, 6.45) is -0.971. The fraction of sp³-hybridized carbons (Fsp3) is 0.250. The number of benzene rings is 2. The number of aromatic amines is 2. The van der Waals surface area contributed by atoms with Crippen molar-refractivity contribution in [3.63, 3.8) is 0 Å². The zero-order valence-corrected chi connectivity index (χ0v) is 15.3. The van der Waals surface area contributed by atoms with Gasteiger partial charge < -0.3 is 20.0 Å². The van der Waals surface area contributed by atoms with E-state index in [1.54, 1.807) is 32.0 Å². The summed E-state index contributed by atoms with van der Waals surface area (Å²) >= 11 is 0. The molecule has 3 rings (SSSR count). The van der Waals surface area contributed by atoms with Crippen LogP contribution in [0.25, 0.3) is 11.0 Å². The maximum atomic E-state index is 12.6. The number of imidazole rings is 1. The minimum atomic E-state index is -0.971. The number of fused-ring (bicyclic) bond motifs is 1. The molecule has 0 aliphatic carbocycles. The van der Waals surface area contributed by atoms with Crippen LogP contribution in [0.5, 0.6) is 0 Å². The van der Waals surface area contributed by atoms with Crippen LogP contribution in [0.1, 0.15) is 26.3 Å². The van der Waals surface area contributed by atoms with Crippen molar-refractivity contribution in [1.29, 1.82) is 0 Å². The highest BCUT2D eigenvalue weighted by Gasteiger charge is 2.33. The second kappa shape index (κ2) is 7.11. The van der Waals surface area contributed by atoms with Crippen molar-refractivity contribution in [2.75, 3.05) is 5.32 Å². The first kappa shape index (κ1) is 18.4. The van der Waals surface area contributed by atoms with Crippen molar-refractivity contribution < 1.29 is 14.3 Å². The molecule has 27 heavy (non-hydrogen) atoms. The topological polar surface area (TPSA) is 104 Å². The Bertz CT molecular complexity index is 1030. The van der Waals surface area contributed by atoms with E-state index in [1.807, 2.05) is 30.3 Å². The summed E-state index contributed by atoms with van der Waals surface area (Å²) in [5.41, 5.74) is 1.32.